The van der Waals surface area contributed by atoms with Crippen LogP contribution in [0.15, 0.2) is 46.9 Å². The Morgan fingerprint density at radius 3 is 2.63 bits per heavy atom. The van der Waals surface area contributed by atoms with Gasteiger partial charge in [-0.3, -0.25) is 0 Å². The number of halogens is 3. The van der Waals surface area contributed by atoms with Crippen LogP contribution in [0.1, 0.15) is 23.7 Å². The number of fused-ring (bicyclic) bond motifs is 1. The molecule has 0 saturated carbocycles. The fraction of sp³-hybridized carbons (Fsp3) is 0.316. The largest absolute Gasteiger partial charge is 0.447 e. The highest BCUT2D eigenvalue weighted by molar-refractivity contribution is 9.10. The minimum atomic E-state index is -1.28. The van der Waals surface area contributed by atoms with E-state index in [1.807, 2.05) is 0 Å². The lowest BCUT2D eigenvalue weighted by molar-refractivity contribution is -0.120. The summed E-state index contributed by atoms with van der Waals surface area (Å²) in [5.74, 6) is -0.852. The van der Waals surface area contributed by atoms with E-state index >= 15 is 0 Å². The smallest absolute Gasteiger partial charge is 0.408 e. The number of nitrogens with one attached hydrogen (secondary N) is 1. The summed E-state index contributed by atoms with van der Waals surface area (Å²) in [5.41, 5.74) is 5.27. The zero-order valence-electron chi connectivity index (χ0n) is 14.2. The van der Waals surface area contributed by atoms with E-state index in [4.69, 9.17) is 15.2 Å². The second-order valence-electron chi connectivity index (χ2n) is 6.94. The Balaban J connectivity index is 1.76. The molecule has 3 atom stereocenters. The van der Waals surface area contributed by atoms with E-state index in [0.29, 0.717) is 4.47 Å². The minimum Gasteiger partial charge on any atom is -0.447 e. The van der Waals surface area contributed by atoms with E-state index in [1.165, 1.54) is 18.2 Å². The van der Waals surface area contributed by atoms with Gasteiger partial charge in [0.2, 0.25) is 0 Å². The number of benzene rings is 2. The summed E-state index contributed by atoms with van der Waals surface area (Å²) in [6.45, 7) is -0.139. The predicted molar refractivity (Wildman–Crippen MR) is 96.9 cm³/mol. The van der Waals surface area contributed by atoms with Crippen LogP contribution in [-0.4, -0.2) is 24.8 Å². The van der Waals surface area contributed by atoms with Gasteiger partial charge in [-0.25, -0.2) is 13.6 Å². The Hall–Kier alpha value is -2.03. The molecule has 2 aromatic rings. The predicted octanol–water partition coefficient (Wildman–Crippen LogP) is 3.52. The maximum atomic E-state index is 14.7. The summed E-state index contributed by atoms with van der Waals surface area (Å²) < 4.78 is 39.7. The van der Waals surface area contributed by atoms with Crippen LogP contribution in [-0.2, 0) is 15.0 Å². The zero-order valence-corrected chi connectivity index (χ0v) is 15.8. The number of nitrogens with two attached hydrogens (primary N) is 1. The molecule has 3 unspecified atom stereocenters. The van der Waals surface area contributed by atoms with Gasteiger partial charge in [-0.05, 0) is 35.9 Å². The average Bonchev–Trinajstić information content (AvgIpc) is 2.64. The number of carbonyl (C=O) groups excluding carboxylic acids is 1. The lowest BCUT2D eigenvalue weighted by atomic mass is 9.67. The van der Waals surface area contributed by atoms with Gasteiger partial charge in [0, 0.05) is 16.5 Å². The molecule has 2 heterocycles. The number of rotatable bonds is 2. The van der Waals surface area contributed by atoms with Crippen LogP contribution in [0.25, 0.3) is 0 Å². The van der Waals surface area contributed by atoms with Crippen molar-refractivity contribution in [3.63, 3.8) is 0 Å². The standard InChI is InChI=1S/C19H17BrF2N2O3/c20-12-3-6-15(22)14(7-12)19-10-26-16(11-1-4-13(21)5-2-11)8-18(19,23)9-27-17(25)24-19/h1-7,16H,8-10,23H2,(H,24,25). The maximum absolute atomic E-state index is 14.7. The zero-order chi connectivity index (χ0) is 19.2. The van der Waals surface area contributed by atoms with Crippen LogP contribution in [0.5, 0.6) is 0 Å². The third-order valence-corrected chi connectivity index (χ3v) is 5.80. The highest BCUT2D eigenvalue weighted by Crippen LogP contribution is 2.47. The summed E-state index contributed by atoms with van der Waals surface area (Å²) in [6.07, 6.45) is -0.859. The third-order valence-electron chi connectivity index (χ3n) is 5.31. The van der Waals surface area contributed by atoms with E-state index in [2.05, 4.69) is 21.2 Å². The molecule has 1 amide bonds. The van der Waals surface area contributed by atoms with Crippen molar-refractivity contribution in [2.45, 2.75) is 23.6 Å². The fourth-order valence-electron chi connectivity index (χ4n) is 3.81. The van der Waals surface area contributed by atoms with E-state index in [-0.39, 0.29) is 31.0 Å². The lowest BCUT2D eigenvalue weighted by Gasteiger charge is -2.55. The lowest BCUT2D eigenvalue weighted by Crippen LogP contribution is -2.76. The molecule has 2 fully saturated rings. The molecule has 27 heavy (non-hydrogen) atoms. The number of carbonyl (C=O) groups is 1. The van der Waals surface area contributed by atoms with E-state index in [0.717, 1.165) is 5.56 Å². The fourth-order valence-corrected chi connectivity index (χ4v) is 4.17. The Morgan fingerprint density at radius 1 is 1.15 bits per heavy atom. The van der Waals surface area contributed by atoms with Crippen LogP contribution in [0.2, 0.25) is 0 Å². The van der Waals surface area contributed by atoms with Gasteiger partial charge < -0.3 is 20.5 Å². The molecule has 5 nitrogen and oxygen atoms in total. The molecule has 0 spiro atoms. The highest BCUT2D eigenvalue weighted by atomic mass is 79.9. The van der Waals surface area contributed by atoms with Crippen molar-refractivity contribution in [2.24, 2.45) is 5.73 Å². The Bertz CT molecular complexity index is 895. The van der Waals surface area contributed by atoms with Crippen molar-refractivity contribution < 1.29 is 23.0 Å². The van der Waals surface area contributed by atoms with Gasteiger partial charge in [0.05, 0.1) is 18.2 Å². The van der Waals surface area contributed by atoms with Gasteiger partial charge in [0.1, 0.15) is 23.8 Å². The van der Waals surface area contributed by atoms with E-state index in [9.17, 15) is 13.6 Å². The highest BCUT2D eigenvalue weighted by Gasteiger charge is 2.60. The first-order valence-corrected chi connectivity index (χ1v) is 9.19. The van der Waals surface area contributed by atoms with Crippen LogP contribution in [0, 0.1) is 11.6 Å². The summed E-state index contributed by atoms with van der Waals surface area (Å²) in [5, 5.41) is 2.71. The average molecular weight is 439 g/mol. The monoisotopic (exact) mass is 438 g/mol. The van der Waals surface area contributed by atoms with Crippen LogP contribution in [0.4, 0.5) is 13.6 Å². The van der Waals surface area contributed by atoms with Crippen LogP contribution >= 0.6 is 15.9 Å². The normalized spacial score (nSPS) is 30.2. The molecule has 4 rings (SSSR count). The Kier molecular flexibility index (Phi) is 4.44. The van der Waals surface area contributed by atoms with Crippen molar-refractivity contribution in [1.29, 1.82) is 0 Å². The molecule has 0 aliphatic carbocycles. The van der Waals surface area contributed by atoms with Crippen molar-refractivity contribution >= 4 is 22.0 Å². The van der Waals surface area contributed by atoms with E-state index < -0.39 is 29.1 Å². The molecule has 3 N–H and O–H groups in total. The van der Waals surface area contributed by atoms with Gasteiger partial charge in [0.25, 0.3) is 0 Å². The minimum absolute atomic E-state index is 0.0476. The van der Waals surface area contributed by atoms with Gasteiger partial charge in [-0.1, -0.05) is 28.1 Å². The van der Waals surface area contributed by atoms with Gasteiger partial charge in [-0.2, -0.15) is 0 Å². The first-order valence-electron chi connectivity index (χ1n) is 8.39. The number of cyclic esters (lactones) is 1. The van der Waals surface area contributed by atoms with Gasteiger partial charge in [0.15, 0.2) is 0 Å². The first kappa shape index (κ1) is 18.3. The van der Waals surface area contributed by atoms with Crippen molar-refractivity contribution in [3.8, 4) is 0 Å². The molecule has 0 bridgehead atoms. The summed E-state index contributed by atoms with van der Waals surface area (Å²) >= 11 is 3.34. The number of alkyl carbamates (subject to hydrolysis) is 1. The SMILES string of the molecule is NC12COC(=O)NC1(c1cc(Br)ccc1F)COC(c1ccc(F)cc1)C2. The number of hydrogen-bond donors (Lipinski definition) is 2. The number of amides is 1. The van der Waals surface area contributed by atoms with Gasteiger partial charge >= 0.3 is 6.09 Å². The molecule has 8 heteroatoms. The summed E-state index contributed by atoms with van der Waals surface area (Å²) in [6, 6.07) is 10.4. The molecule has 0 radical (unpaired) electrons. The van der Waals surface area contributed by atoms with E-state index in [1.54, 1.807) is 24.3 Å². The van der Waals surface area contributed by atoms with Crippen LogP contribution < -0.4 is 11.1 Å². The Morgan fingerprint density at radius 2 is 1.89 bits per heavy atom. The van der Waals surface area contributed by atoms with Crippen molar-refractivity contribution in [3.05, 3.63) is 69.7 Å². The molecule has 142 valence electrons. The molecular weight excluding hydrogens is 422 g/mol. The second-order valence-corrected chi connectivity index (χ2v) is 7.86. The molecule has 2 aromatic carbocycles. The van der Waals surface area contributed by atoms with Crippen molar-refractivity contribution in [2.75, 3.05) is 13.2 Å². The topological polar surface area (TPSA) is 73.6 Å². The third kappa shape index (κ3) is 3.01. The second kappa shape index (κ2) is 6.54. The van der Waals surface area contributed by atoms with Crippen molar-refractivity contribution in [1.82, 2.24) is 5.32 Å². The summed E-state index contributed by atoms with van der Waals surface area (Å²) in [7, 11) is 0. The number of ether oxygens (including phenoxy) is 2. The molecular formula is C19H17BrF2N2O3. The van der Waals surface area contributed by atoms with Crippen LogP contribution in [0.3, 0.4) is 0 Å². The Labute approximate surface area is 163 Å². The first-order chi connectivity index (χ1) is 12.8. The molecule has 2 aliphatic rings. The number of hydrogen-bond acceptors (Lipinski definition) is 4. The quantitative estimate of drug-likeness (QED) is 0.751. The maximum Gasteiger partial charge on any atom is 0.408 e. The molecule has 2 aliphatic heterocycles. The summed E-state index contributed by atoms with van der Waals surface area (Å²) in [4.78, 5) is 12.0. The van der Waals surface area contributed by atoms with Gasteiger partial charge in [-0.15, -0.1) is 0 Å². The molecule has 2 saturated heterocycles. The molecule has 0 aromatic heterocycles.